The third-order valence-electron chi connectivity index (χ3n) is 3.97. The summed E-state index contributed by atoms with van der Waals surface area (Å²) in [4.78, 5) is 4.06. The van der Waals surface area contributed by atoms with Gasteiger partial charge in [0.2, 0.25) is 0 Å². The molecular weight excluding hydrogens is 280 g/mol. The van der Waals surface area contributed by atoms with Gasteiger partial charge in [-0.05, 0) is 31.0 Å². The number of hydrogen-bond donors (Lipinski definition) is 1. The molecule has 0 fully saturated rings. The molecule has 0 aliphatic carbocycles. The summed E-state index contributed by atoms with van der Waals surface area (Å²) in [6.45, 7) is 5.46. The lowest BCUT2D eigenvalue weighted by atomic mass is 10.00. The van der Waals surface area contributed by atoms with Gasteiger partial charge in [0, 0.05) is 18.4 Å². The van der Waals surface area contributed by atoms with E-state index in [2.05, 4.69) is 24.1 Å². The molecule has 0 amide bonds. The van der Waals surface area contributed by atoms with E-state index in [1.165, 1.54) is 56.9 Å². The van der Waals surface area contributed by atoms with Gasteiger partial charge in [-0.25, -0.2) is 0 Å². The fraction of sp³-hybridized carbons (Fsp3) is 0.722. The second kappa shape index (κ2) is 12.0. The van der Waals surface area contributed by atoms with Gasteiger partial charge >= 0.3 is 0 Å². The van der Waals surface area contributed by atoms with E-state index in [-0.39, 0.29) is 0 Å². The summed E-state index contributed by atoms with van der Waals surface area (Å²) in [6, 6.07) is 2.57. The Morgan fingerprint density at radius 1 is 1.10 bits per heavy atom. The van der Waals surface area contributed by atoms with E-state index in [1.54, 1.807) is 6.20 Å². The Hall–Kier alpha value is -0.600. The molecule has 0 aromatic carbocycles. The first kappa shape index (κ1) is 18.4. The molecule has 0 spiro atoms. The van der Waals surface area contributed by atoms with Crippen LogP contribution in [-0.4, -0.2) is 17.6 Å². The Morgan fingerprint density at radius 3 is 2.48 bits per heavy atom. The summed E-state index contributed by atoms with van der Waals surface area (Å²) in [6.07, 6.45) is 15.4. The predicted octanol–water partition coefficient (Wildman–Crippen LogP) is 5.40. The molecular formula is C18H31ClN2. The Morgan fingerprint density at radius 2 is 1.81 bits per heavy atom. The molecule has 0 bridgehead atoms. The van der Waals surface area contributed by atoms with Gasteiger partial charge in [-0.15, -0.1) is 0 Å². The van der Waals surface area contributed by atoms with Crippen LogP contribution in [0.3, 0.4) is 0 Å². The molecule has 1 unspecified atom stereocenters. The molecule has 0 saturated carbocycles. The van der Waals surface area contributed by atoms with E-state index in [1.807, 2.05) is 12.3 Å². The zero-order valence-electron chi connectivity index (χ0n) is 13.7. The van der Waals surface area contributed by atoms with Crippen LogP contribution in [0, 0.1) is 0 Å². The van der Waals surface area contributed by atoms with Crippen LogP contribution in [-0.2, 0) is 6.42 Å². The third kappa shape index (κ3) is 8.43. The highest BCUT2D eigenvalue weighted by molar-refractivity contribution is 6.31. The van der Waals surface area contributed by atoms with Gasteiger partial charge in [0.15, 0.2) is 0 Å². The number of aromatic nitrogens is 1. The summed E-state index contributed by atoms with van der Waals surface area (Å²) in [5.41, 5.74) is 1.21. The number of rotatable bonds is 12. The Balaban J connectivity index is 2.25. The van der Waals surface area contributed by atoms with Gasteiger partial charge in [0.05, 0.1) is 5.02 Å². The minimum atomic E-state index is 0.533. The number of likely N-dealkylation sites (N-methyl/N-ethyl adjacent to an activating group) is 1. The van der Waals surface area contributed by atoms with E-state index in [9.17, 15) is 0 Å². The topological polar surface area (TPSA) is 24.9 Å². The monoisotopic (exact) mass is 310 g/mol. The molecule has 21 heavy (non-hydrogen) atoms. The number of pyridine rings is 1. The molecule has 1 N–H and O–H groups in total. The zero-order valence-corrected chi connectivity index (χ0v) is 14.5. The number of halogens is 1. The van der Waals surface area contributed by atoms with Crippen molar-refractivity contribution >= 4 is 11.6 Å². The number of unbranched alkanes of at least 4 members (excludes halogenated alkanes) is 6. The molecule has 1 aromatic heterocycles. The van der Waals surface area contributed by atoms with Crippen molar-refractivity contribution in [2.45, 2.75) is 77.7 Å². The van der Waals surface area contributed by atoms with Crippen molar-refractivity contribution in [2.24, 2.45) is 0 Å². The summed E-state index contributed by atoms with van der Waals surface area (Å²) < 4.78 is 0. The Kier molecular flexibility index (Phi) is 10.5. The van der Waals surface area contributed by atoms with Gasteiger partial charge < -0.3 is 5.32 Å². The minimum absolute atomic E-state index is 0.533. The van der Waals surface area contributed by atoms with Crippen LogP contribution < -0.4 is 5.32 Å². The predicted molar refractivity (Wildman–Crippen MR) is 93.0 cm³/mol. The Labute approximate surface area is 135 Å². The zero-order chi connectivity index (χ0) is 15.3. The molecule has 1 atom stereocenters. The van der Waals surface area contributed by atoms with Crippen LogP contribution >= 0.6 is 11.6 Å². The summed E-state index contributed by atoms with van der Waals surface area (Å²) in [7, 11) is 0. The average molecular weight is 311 g/mol. The normalized spacial score (nSPS) is 12.5. The second-order valence-corrected chi connectivity index (χ2v) is 6.24. The standard InChI is InChI=1S/C18H31ClN2/c1-3-5-6-7-8-9-10-11-17(21-4-2)14-16-12-13-20-15-18(16)19/h12-13,15,17,21H,3-11,14H2,1-2H3. The SMILES string of the molecule is CCCCCCCCCC(Cc1ccncc1Cl)NCC. The van der Waals surface area contributed by atoms with Gasteiger partial charge in [0.1, 0.15) is 0 Å². The lowest BCUT2D eigenvalue weighted by Gasteiger charge is -2.18. The van der Waals surface area contributed by atoms with Crippen LogP contribution in [0.25, 0.3) is 0 Å². The maximum Gasteiger partial charge on any atom is 0.0621 e. The molecule has 1 aromatic rings. The fourth-order valence-corrected chi connectivity index (χ4v) is 2.94. The van der Waals surface area contributed by atoms with Crippen LogP contribution in [0.1, 0.15) is 70.8 Å². The molecule has 0 aliphatic heterocycles. The van der Waals surface area contributed by atoms with Crippen molar-refractivity contribution in [1.29, 1.82) is 0 Å². The first-order valence-electron chi connectivity index (χ1n) is 8.59. The van der Waals surface area contributed by atoms with Crippen molar-refractivity contribution in [2.75, 3.05) is 6.54 Å². The van der Waals surface area contributed by atoms with Gasteiger partial charge in [0.25, 0.3) is 0 Å². The Bertz CT molecular complexity index is 368. The smallest absolute Gasteiger partial charge is 0.0621 e. The lowest BCUT2D eigenvalue weighted by Crippen LogP contribution is -2.31. The summed E-state index contributed by atoms with van der Waals surface area (Å²) in [5.74, 6) is 0. The van der Waals surface area contributed by atoms with Crippen LogP contribution in [0.4, 0.5) is 0 Å². The average Bonchev–Trinajstić information content (AvgIpc) is 2.48. The lowest BCUT2D eigenvalue weighted by molar-refractivity contribution is 0.459. The van der Waals surface area contributed by atoms with Gasteiger partial charge in [-0.3, -0.25) is 4.98 Å². The largest absolute Gasteiger partial charge is 0.314 e. The first-order valence-corrected chi connectivity index (χ1v) is 8.97. The summed E-state index contributed by atoms with van der Waals surface area (Å²) in [5, 5.41) is 4.38. The maximum absolute atomic E-state index is 6.21. The van der Waals surface area contributed by atoms with Crippen LogP contribution in [0.15, 0.2) is 18.5 Å². The molecule has 120 valence electrons. The molecule has 1 rings (SSSR count). The van der Waals surface area contributed by atoms with Crippen molar-refractivity contribution < 1.29 is 0 Å². The van der Waals surface area contributed by atoms with Crippen LogP contribution in [0.2, 0.25) is 5.02 Å². The number of nitrogens with one attached hydrogen (secondary N) is 1. The molecule has 2 nitrogen and oxygen atoms in total. The van der Waals surface area contributed by atoms with Crippen molar-refractivity contribution in [3.8, 4) is 0 Å². The molecule has 3 heteroatoms. The number of hydrogen-bond acceptors (Lipinski definition) is 2. The van der Waals surface area contributed by atoms with E-state index >= 15 is 0 Å². The van der Waals surface area contributed by atoms with Crippen molar-refractivity contribution in [3.05, 3.63) is 29.0 Å². The quantitative estimate of drug-likeness (QED) is 0.523. The van der Waals surface area contributed by atoms with Gasteiger partial charge in [-0.2, -0.15) is 0 Å². The van der Waals surface area contributed by atoms with E-state index in [0.29, 0.717) is 6.04 Å². The van der Waals surface area contributed by atoms with Gasteiger partial charge in [-0.1, -0.05) is 70.4 Å². The maximum atomic E-state index is 6.21. The van der Waals surface area contributed by atoms with E-state index in [0.717, 1.165) is 18.0 Å². The van der Waals surface area contributed by atoms with E-state index in [4.69, 9.17) is 11.6 Å². The highest BCUT2D eigenvalue weighted by atomic mass is 35.5. The molecule has 0 radical (unpaired) electrons. The highest BCUT2D eigenvalue weighted by Crippen LogP contribution is 2.18. The minimum Gasteiger partial charge on any atom is -0.314 e. The highest BCUT2D eigenvalue weighted by Gasteiger charge is 2.10. The molecule has 0 aliphatic rings. The van der Waals surface area contributed by atoms with Crippen molar-refractivity contribution in [3.63, 3.8) is 0 Å². The third-order valence-corrected chi connectivity index (χ3v) is 4.31. The van der Waals surface area contributed by atoms with Crippen molar-refractivity contribution in [1.82, 2.24) is 10.3 Å². The first-order chi connectivity index (χ1) is 10.3. The van der Waals surface area contributed by atoms with E-state index < -0.39 is 0 Å². The molecule has 1 heterocycles. The molecule has 0 saturated heterocycles. The fourth-order valence-electron chi connectivity index (χ4n) is 2.75. The van der Waals surface area contributed by atoms with Crippen LogP contribution in [0.5, 0.6) is 0 Å². The second-order valence-electron chi connectivity index (χ2n) is 5.84. The number of nitrogens with zero attached hydrogens (tertiary/aromatic N) is 1. The summed E-state index contributed by atoms with van der Waals surface area (Å²) >= 11 is 6.21.